The molecule has 0 atom stereocenters. The van der Waals surface area contributed by atoms with E-state index in [1.807, 2.05) is 20.0 Å². The van der Waals surface area contributed by atoms with Crippen LogP contribution in [-0.2, 0) is 0 Å². The fourth-order valence-corrected chi connectivity index (χ4v) is 4.28. The normalized spacial score (nSPS) is 11.1. The Bertz CT molecular complexity index is 1310. The molecular weight excluding hydrogens is 389 g/mol. The summed E-state index contributed by atoms with van der Waals surface area (Å²) in [6, 6.07) is 12.4. The first-order chi connectivity index (χ1) is 12.4. The number of aromatic nitrogens is 2. The van der Waals surface area contributed by atoms with Crippen molar-refractivity contribution in [3.05, 3.63) is 66.7 Å². The molecule has 0 bridgehead atoms. The lowest BCUT2D eigenvalue weighted by molar-refractivity contribution is 0.103. The second-order valence-electron chi connectivity index (χ2n) is 5.82. The minimum atomic E-state index is -0.354. The fourth-order valence-electron chi connectivity index (χ4n) is 2.82. The second kappa shape index (κ2) is 6.39. The Labute approximate surface area is 162 Å². The van der Waals surface area contributed by atoms with Gasteiger partial charge in [-0.25, -0.2) is 0 Å². The third-order valence-electron chi connectivity index (χ3n) is 3.97. The lowest BCUT2D eigenvalue weighted by atomic mass is 9.95. The quantitative estimate of drug-likeness (QED) is 0.402. The maximum absolute atomic E-state index is 12.7. The summed E-state index contributed by atoms with van der Waals surface area (Å²) >= 11 is 12.5. The second-order valence-corrected chi connectivity index (χ2v) is 7.90. The number of thiazole rings is 1. The number of hydrogen-bond donors (Lipinski definition) is 2. The molecule has 5 nitrogen and oxygen atoms in total. The summed E-state index contributed by atoms with van der Waals surface area (Å²) in [5, 5.41) is 3.84. The zero-order chi connectivity index (χ0) is 18.4. The number of halogens is 1. The molecule has 4 rings (SSSR count). The Balaban J connectivity index is 1.90. The van der Waals surface area contributed by atoms with E-state index in [4.69, 9.17) is 23.8 Å². The number of nitrogens with zero attached hydrogens (tertiary/aromatic N) is 1. The van der Waals surface area contributed by atoms with Crippen LogP contribution in [0.2, 0.25) is 5.02 Å². The van der Waals surface area contributed by atoms with E-state index in [0.717, 1.165) is 16.8 Å². The van der Waals surface area contributed by atoms with Gasteiger partial charge in [-0.1, -0.05) is 46.6 Å². The molecule has 0 aliphatic carbocycles. The van der Waals surface area contributed by atoms with E-state index in [1.165, 1.54) is 0 Å². The van der Waals surface area contributed by atoms with E-state index in [1.54, 1.807) is 34.7 Å². The van der Waals surface area contributed by atoms with E-state index in [2.05, 4.69) is 10.3 Å². The number of nitrogens with one attached hydrogen (secondary N) is 2. The molecule has 0 spiro atoms. The van der Waals surface area contributed by atoms with Crippen LogP contribution in [0.25, 0.3) is 16.6 Å². The third kappa shape index (κ3) is 2.86. The maximum Gasteiger partial charge on any atom is 0.269 e. The van der Waals surface area contributed by atoms with Crippen molar-refractivity contribution < 1.29 is 4.79 Å². The molecular formula is C17H11BClN3O2S2. The number of fused-ring (bicyclic) bond motifs is 3. The summed E-state index contributed by atoms with van der Waals surface area (Å²) in [4.78, 5) is 28.3. The summed E-state index contributed by atoms with van der Waals surface area (Å²) < 4.78 is 2.21. The van der Waals surface area contributed by atoms with Crippen molar-refractivity contribution in [1.82, 2.24) is 9.38 Å². The maximum atomic E-state index is 12.7. The highest BCUT2D eigenvalue weighted by Gasteiger charge is 2.18. The molecule has 26 heavy (non-hydrogen) atoms. The molecule has 2 N–H and O–H groups in total. The molecule has 2 heterocycles. The van der Waals surface area contributed by atoms with Crippen molar-refractivity contribution in [1.29, 1.82) is 0 Å². The first-order valence-electron chi connectivity index (χ1n) is 7.69. The summed E-state index contributed by atoms with van der Waals surface area (Å²) in [5.74, 6) is -0.354. The Kier molecular flexibility index (Phi) is 4.18. The smallest absolute Gasteiger partial charge is 0.269 e. The van der Waals surface area contributed by atoms with Crippen molar-refractivity contribution in [2.75, 3.05) is 5.32 Å². The third-order valence-corrected chi connectivity index (χ3v) is 5.58. The van der Waals surface area contributed by atoms with E-state index < -0.39 is 0 Å². The Morgan fingerprint density at radius 2 is 2.08 bits per heavy atom. The first-order valence-corrected chi connectivity index (χ1v) is 9.29. The largest absolute Gasteiger partial charge is 0.321 e. The van der Waals surface area contributed by atoms with Crippen LogP contribution in [0.5, 0.6) is 0 Å². The summed E-state index contributed by atoms with van der Waals surface area (Å²) in [7, 11) is 1.92. The number of rotatable bonds is 2. The van der Waals surface area contributed by atoms with Crippen molar-refractivity contribution in [2.24, 2.45) is 0 Å². The molecule has 0 saturated heterocycles. The van der Waals surface area contributed by atoms with Crippen LogP contribution in [0.3, 0.4) is 0 Å². The number of benzene rings is 2. The number of hydrogen-bond acceptors (Lipinski definition) is 4. The monoisotopic (exact) mass is 399 g/mol. The van der Waals surface area contributed by atoms with Gasteiger partial charge < -0.3 is 10.3 Å². The molecule has 0 saturated carbocycles. The van der Waals surface area contributed by atoms with Crippen LogP contribution >= 0.6 is 35.2 Å². The van der Waals surface area contributed by atoms with Gasteiger partial charge in [0.25, 0.3) is 11.5 Å². The van der Waals surface area contributed by atoms with E-state index in [-0.39, 0.29) is 11.5 Å². The highest BCUT2D eigenvalue weighted by molar-refractivity contribution is 7.73. The number of carbonyl (C=O) groups is 1. The lowest BCUT2D eigenvalue weighted by Gasteiger charge is -2.06. The molecule has 0 fully saturated rings. The van der Waals surface area contributed by atoms with Crippen LogP contribution in [0.15, 0.2) is 47.3 Å². The Morgan fingerprint density at radius 1 is 1.27 bits per heavy atom. The number of H-pyrrole nitrogens is 1. The molecule has 0 aliphatic rings. The van der Waals surface area contributed by atoms with Gasteiger partial charge >= 0.3 is 0 Å². The van der Waals surface area contributed by atoms with Crippen LogP contribution in [-0.4, -0.2) is 23.1 Å². The van der Waals surface area contributed by atoms with E-state index >= 15 is 0 Å². The zero-order valence-electron chi connectivity index (χ0n) is 13.5. The van der Waals surface area contributed by atoms with Crippen LogP contribution < -0.4 is 16.3 Å². The molecule has 0 unspecified atom stereocenters. The van der Waals surface area contributed by atoms with Gasteiger partial charge in [0.2, 0.25) is 0 Å². The zero-order valence-corrected chi connectivity index (χ0v) is 15.9. The van der Waals surface area contributed by atoms with Crippen molar-refractivity contribution in [3.8, 4) is 0 Å². The summed E-state index contributed by atoms with van der Waals surface area (Å²) in [6.07, 6.45) is 0. The van der Waals surface area contributed by atoms with E-state index in [0.29, 0.717) is 36.1 Å². The van der Waals surface area contributed by atoms with Gasteiger partial charge in [0.15, 0.2) is 3.95 Å². The standard InChI is InChI=1S/C17H11BClN3O2S2/c18-8-4-5-12-11(6-8)15(23)21-14-13(26-17(25)22(12)14)16(24)20-10-3-1-2-9(19)7-10/h1-7H,18H2,(H,20,24)(H,21,23). The van der Waals surface area contributed by atoms with Gasteiger partial charge in [-0.05, 0) is 36.5 Å². The van der Waals surface area contributed by atoms with Gasteiger partial charge in [0.05, 0.1) is 10.9 Å². The predicted molar refractivity (Wildman–Crippen MR) is 112 cm³/mol. The summed E-state index contributed by atoms with van der Waals surface area (Å²) in [5.41, 5.74) is 2.35. The first kappa shape index (κ1) is 17.0. The average molecular weight is 400 g/mol. The van der Waals surface area contributed by atoms with Gasteiger partial charge in [-0.3, -0.25) is 14.0 Å². The lowest BCUT2D eigenvalue weighted by Crippen LogP contribution is -2.16. The van der Waals surface area contributed by atoms with Gasteiger partial charge in [-0.15, -0.1) is 0 Å². The molecule has 2 aromatic carbocycles. The Hall–Kier alpha value is -2.42. The highest BCUT2D eigenvalue weighted by atomic mass is 35.5. The van der Waals surface area contributed by atoms with E-state index in [9.17, 15) is 9.59 Å². The number of amides is 1. The van der Waals surface area contributed by atoms with Crippen LogP contribution in [0.1, 0.15) is 9.67 Å². The van der Waals surface area contributed by atoms with Gasteiger partial charge in [0.1, 0.15) is 18.4 Å². The topological polar surface area (TPSA) is 66.4 Å². The Morgan fingerprint density at radius 3 is 2.85 bits per heavy atom. The van der Waals surface area contributed by atoms with Crippen molar-refractivity contribution in [3.63, 3.8) is 0 Å². The van der Waals surface area contributed by atoms with Crippen LogP contribution in [0, 0.1) is 3.95 Å². The molecule has 4 aromatic rings. The minimum absolute atomic E-state index is 0.256. The molecule has 9 heteroatoms. The molecule has 2 aromatic heterocycles. The molecule has 0 aliphatic heterocycles. The fraction of sp³-hybridized carbons (Fsp3) is 0. The van der Waals surface area contributed by atoms with Gasteiger partial charge in [0, 0.05) is 10.7 Å². The minimum Gasteiger partial charge on any atom is -0.321 e. The molecule has 1 amide bonds. The molecule has 0 radical (unpaired) electrons. The molecule has 128 valence electrons. The highest BCUT2D eigenvalue weighted by Crippen LogP contribution is 2.24. The van der Waals surface area contributed by atoms with Crippen molar-refractivity contribution >= 4 is 76.6 Å². The summed E-state index contributed by atoms with van der Waals surface area (Å²) in [6.45, 7) is 0. The van der Waals surface area contributed by atoms with Crippen molar-refractivity contribution in [2.45, 2.75) is 0 Å². The average Bonchev–Trinajstić information content (AvgIpc) is 2.92. The number of carbonyl (C=O) groups excluding carboxylic acids is 1. The van der Waals surface area contributed by atoms with Gasteiger partial charge in [-0.2, -0.15) is 0 Å². The SMILES string of the molecule is Bc1ccc2c(c1)c(=O)[nH]c1c(C(=O)Nc3cccc(Cl)c3)sc(=S)n12. The predicted octanol–water partition coefficient (Wildman–Crippen LogP) is 2.74. The number of aromatic amines is 1. The number of anilines is 1. The van der Waals surface area contributed by atoms with Crippen LogP contribution in [0.4, 0.5) is 5.69 Å².